The van der Waals surface area contributed by atoms with Crippen LogP contribution in [0.5, 0.6) is 11.5 Å². The lowest BCUT2D eigenvalue weighted by Crippen LogP contribution is -2.65. The SMILES string of the molecule is CC(=O)Oc1ccc2c3c1O[C@H]1[C@@H](OC(C)=O)C=C[C@H]4[C@@H](C2)N(C)CC[C@@]341.CC(C)C(N)C(=O)O.CC(C)[C@H](N)C(=O)O.N[C@@H](Cc1cnc[nH]1)C(=O)O. The number of aromatic amines is 1. The molecule has 2 aromatic rings. The van der Waals surface area contributed by atoms with Crippen LogP contribution in [0.2, 0.25) is 0 Å². The van der Waals surface area contributed by atoms with Gasteiger partial charge in [-0.05, 0) is 56.0 Å². The largest absolute Gasteiger partial charge is 0.481 e. The number of carbonyl (C=O) groups excluding carboxylic acids is 2. The number of carbonyl (C=O) groups is 5. The Morgan fingerprint density at radius 3 is 2.04 bits per heavy atom. The summed E-state index contributed by atoms with van der Waals surface area (Å²) in [6.07, 6.45) is 8.64. The number of nitrogens with two attached hydrogens (primary N) is 3. The fourth-order valence-corrected chi connectivity index (χ4v) is 7.03. The molecule has 4 aliphatic rings. The zero-order valence-corrected chi connectivity index (χ0v) is 31.7. The molecule has 0 saturated carbocycles. The van der Waals surface area contributed by atoms with Crippen LogP contribution in [0.1, 0.15) is 64.8 Å². The molecule has 17 nitrogen and oxygen atoms in total. The standard InChI is InChI=1S/C21H23NO5.C6H9N3O2.2C5H11NO2/c1-11(23)25-16-6-4-13-10-15-14-5-7-17(26-12(2)24)20-21(14,8-9-22(15)3)18(13)19(16)27-20;7-5(6(10)11)1-4-2-8-3-9-4;2*1-3(2)4(6)5(7)8/h4-7,14-15,17,20H,8-10H2,1-3H3;2-3,5H,1,7H2,(H,8,9)(H,10,11);2*3-4H,6H2,1-2H3,(H,7,8)/t14-,15+,17-,20-,21-;5-;4-;/m000./s1. The molecule has 1 spiro atoms. The zero-order valence-electron chi connectivity index (χ0n) is 31.7. The highest BCUT2D eigenvalue weighted by molar-refractivity contribution is 5.74. The Hall–Kier alpha value is -4.84. The molecule has 0 amide bonds. The number of H-pyrrole nitrogens is 1. The van der Waals surface area contributed by atoms with E-state index in [2.05, 4.69) is 34.1 Å². The summed E-state index contributed by atoms with van der Waals surface area (Å²) in [4.78, 5) is 62.5. The summed E-state index contributed by atoms with van der Waals surface area (Å²) in [7, 11) is 2.17. The van der Waals surface area contributed by atoms with Crippen molar-refractivity contribution in [3.05, 3.63) is 53.6 Å². The molecule has 10 N–H and O–H groups in total. The minimum atomic E-state index is -1.00. The number of carboxylic acid groups (broad SMARTS) is 3. The third-order valence-corrected chi connectivity index (χ3v) is 9.99. The first-order valence-electron chi connectivity index (χ1n) is 17.7. The van der Waals surface area contributed by atoms with Gasteiger partial charge in [0.25, 0.3) is 0 Å². The van der Waals surface area contributed by atoms with Gasteiger partial charge in [0, 0.05) is 55.1 Å². The van der Waals surface area contributed by atoms with Gasteiger partial charge < -0.3 is 56.6 Å². The number of aromatic nitrogens is 2. The average Bonchev–Trinajstić information content (AvgIpc) is 3.73. The van der Waals surface area contributed by atoms with Crippen molar-refractivity contribution in [1.29, 1.82) is 0 Å². The molecular formula is C37H54N6O11. The lowest BCUT2D eigenvalue weighted by Gasteiger charge is -2.56. The van der Waals surface area contributed by atoms with Crippen LogP contribution in [-0.2, 0) is 47.0 Å². The van der Waals surface area contributed by atoms with Crippen LogP contribution in [-0.4, -0.2) is 110 Å². The predicted octanol–water partition coefficient (Wildman–Crippen LogP) is 1.46. The number of rotatable bonds is 9. The number of esters is 2. The second-order valence-corrected chi connectivity index (χ2v) is 14.5. The van der Waals surface area contributed by atoms with E-state index in [0.717, 1.165) is 30.6 Å². The van der Waals surface area contributed by atoms with E-state index in [9.17, 15) is 24.0 Å². The van der Waals surface area contributed by atoms with Crippen molar-refractivity contribution in [3.63, 3.8) is 0 Å². The Morgan fingerprint density at radius 2 is 1.57 bits per heavy atom. The maximum atomic E-state index is 11.7. The zero-order chi connectivity index (χ0) is 40.7. The van der Waals surface area contributed by atoms with Gasteiger partial charge in [0.05, 0.1) is 6.33 Å². The van der Waals surface area contributed by atoms with Crippen molar-refractivity contribution in [2.24, 2.45) is 35.0 Å². The highest BCUT2D eigenvalue weighted by Gasteiger charge is 2.65. The minimum absolute atomic E-state index is 0.0208. The van der Waals surface area contributed by atoms with Crippen molar-refractivity contribution < 1.29 is 53.5 Å². The second-order valence-electron chi connectivity index (χ2n) is 14.5. The number of piperidine rings is 1. The van der Waals surface area contributed by atoms with Gasteiger partial charge in [-0.25, -0.2) is 4.98 Å². The quantitative estimate of drug-likeness (QED) is 0.108. The van der Waals surface area contributed by atoms with Gasteiger partial charge in [-0.1, -0.05) is 39.8 Å². The van der Waals surface area contributed by atoms with E-state index in [0.29, 0.717) is 17.5 Å². The van der Waals surface area contributed by atoms with Crippen LogP contribution in [0.4, 0.5) is 0 Å². The molecule has 1 aromatic carbocycles. The summed E-state index contributed by atoms with van der Waals surface area (Å²) >= 11 is 0. The van der Waals surface area contributed by atoms with Crippen LogP contribution in [0.3, 0.4) is 0 Å². The first-order chi connectivity index (χ1) is 25.2. The normalized spacial score (nSPS) is 24.4. The molecule has 2 aliphatic heterocycles. The summed E-state index contributed by atoms with van der Waals surface area (Å²) in [6, 6.07) is 2.00. The van der Waals surface area contributed by atoms with E-state index in [-0.39, 0.29) is 47.6 Å². The Balaban J connectivity index is 0.000000239. The molecule has 0 radical (unpaired) electrons. The van der Waals surface area contributed by atoms with Crippen molar-refractivity contribution in [3.8, 4) is 11.5 Å². The Bertz CT molecular complexity index is 1660. The third-order valence-electron chi connectivity index (χ3n) is 9.99. The van der Waals surface area contributed by atoms with E-state index in [4.69, 9.17) is 46.7 Å². The van der Waals surface area contributed by atoms with Crippen LogP contribution >= 0.6 is 0 Å². The molecule has 8 atom stereocenters. The fourth-order valence-electron chi connectivity index (χ4n) is 7.03. The minimum Gasteiger partial charge on any atom is -0.481 e. The van der Waals surface area contributed by atoms with E-state index in [1.54, 1.807) is 33.9 Å². The summed E-state index contributed by atoms with van der Waals surface area (Å²) < 4.78 is 17.5. The van der Waals surface area contributed by atoms with Gasteiger partial charge in [-0.2, -0.15) is 0 Å². The first-order valence-corrected chi connectivity index (χ1v) is 17.7. The number of hydrogen-bond donors (Lipinski definition) is 7. The summed E-state index contributed by atoms with van der Waals surface area (Å²) in [6.45, 7) is 10.9. The maximum Gasteiger partial charge on any atom is 0.320 e. The molecule has 54 heavy (non-hydrogen) atoms. The average molecular weight is 759 g/mol. The van der Waals surface area contributed by atoms with E-state index in [1.165, 1.54) is 25.7 Å². The molecule has 3 heterocycles. The number of benzene rings is 1. The second kappa shape index (κ2) is 18.5. The molecule has 1 saturated heterocycles. The van der Waals surface area contributed by atoms with Gasteiger partial charge >= 0.3 is 29.8 Å². The number of aliphatic carboxylic acids is 3. The number of hydrogen-bond acceptors (Lipinski definition) is 13. The number of carboxylic acids is 3. The van der Waals surface area contributed by atoms with Gasteiger partial charge in [0.15, 0.2) is 17.6 Å². The fraction of sp³-hybridized carbons (Fsp3) is 0.568. The number of imidazole rings is 1. The van der Waals surface area contributed by atoms with Crippen LogP contribution in [0, 0.1) is 17.8 Å². The van der Waals surface area contributed by atoms with Gasteiger partial charge in [-0.15, -0.1) is 0 Å². The number of likely N-dealkylation sites (tertiary alicyclic amines) is 1. The molecule has 6 rings (SSSR count). The predicted molar refractivity (Wildman–Crippen MR) is 196 cm³/mol. The van der Waals surface area contributed by atoms with E-state index in [1.807, 2.05) is 12.1 Å². The number of ether oxygens (including phenoxy) is 3. The third kappa shape index (κ3) is 10.0. The van der Waals surface area contributed by atoms with Crippen LogP contribution in [0.25, 0.3) is 0 Å². The smallest absolute Gasteiger partial charge is 0.320 e. The highest BCUT2D eigenvalue weighted by Crippen LogP contribution is 2.62. The molecule has 298 valence electrons. The van der Waals surface area contributed by atoms with Crippen molar-refractivity contribution in [1.82, 2.24) is 14.9 Å². The maximum absolute atomic E-state index is 11.7. The van der Waals surface area contributed by atoms with E-state index >= 15 is 0 Å². The highest BCUT2D eigenvalue weighted by atomic mass is 16.6. The lowest BCUT2D eigenvalue weighted by molar-refractivity contribution is -0.152. The van der Waals surface area contributed by atoms with Gasteiger partial charge in [-0.3, -0.25) is 24.0 Å². The monoisotopic (exact) mass is 758 g/mol. The molecule has 2 aliphatic carbocycles. The number of nitrogens with zero attached hydrogens (tertiary/aromatic N) is 2. The Labute approximate surface area is 314 Å². The Morgan fingerprint density at radius 1 is 0.963 bits per heavy atom. The number of likely N-dealkylation sites (N-methyl/N-ethyl adjacent to an activating group) is 1. The van der Waals surface area contributed by atoms with E-state index < -0.39 is 42.1 Å². The summed E-state index contributed by atoms with van der Waals surface area (Å²) in [5.74, 6) is -2.11. The Kier molecular flexibility index (Phi) is 14.9. The van der Waals surface area contributed by atoms with Gasteiger partial charge in [0.1, 0.15) is 24.2 Å². The summed E-state index contributed by atoms with van der Waals surface area (Å²) in [5, 5.41) is 24.9. The topological polar surface area (TPSA) is 284 Å². The molecule has 1 aromatic heterocycles. The molecule has 1 fully saturated rings. The summed E-state index contributed by atoms with van der Waals surface area (Å²) in [5.41, 5.74) is 18.5. The van der Waals surface area contributed by atoms with Crippen molar-refractivity contribution >= 4 is 29.8 Å². The van der Waals surface area contributed by atoms with Crippen molar-refractivity contribution in [2.45, 2.75) is 103 Å². The van der Waals surface area contributed by atoms with Crippen LogP contribution in [0.15, 0.2) is 36.8 Å². The van der Waals surface area contributed by atoms with Gasteiger partial charge in [0.2, 0.25) is 0 Å². The lowest BCUT2D eigenvalue weighted by atomic mass is 9.53. The number of nitrogens with one attached hydrogen (secondary N) is 1. The molecule has 1 unspecified atom stereocenters. The first kappa shape index (κ1) is 43.6. The van der Waals surface area contributed by atoms with Crippen LogP contribution < -0.4 is 26.7 Å². The molecular weight excluding hydrogens is 704 g/mol. The molecule has 2 bridgehead atoms. The molecule has 17 heteroatoms. The van der Waals surface area contributed by atoms with Crippen molar-refractivity contribution in [2.75, 3.05) is 13.6 Å².